The lowest BCUT2D eigenvalue weighted by Crippen LogP contribution is -2.32. The third-order valence-corrected chi connectivity index (χ3v) is 2.53. The number of nitrogens with zero attached hydrogens (tertiary/aromatic N) is 2. The van der Waals surface area contributed by atoms with E-state index in [1.54, 1.807) is 4.57 Å². The largest absolute Gasteiger partial charge is 0.377 e. The molecule has 0 amide bonds. The summed E-state index contributed by atoms with van der Waals surface area (Å²) in [5.74, 6) is 0. The summed E-state index contributed by atoms with van der Waals surface area (Å²) in [6, 6.07) is 7.89. The maximum absolute atomic E-state index is 9.03. The van der Waals surface area contributed by atoms with E-state index in [0.717, 1.165) is 5.03 Å². The van der Waals surface area contributed by atoms with Crippen molar-refractivity contribution in [2.75, 3.05) is 13.3 Å². The van der Waals surface area contributed by atoms with Crippen molar-refractivity contribution in [1.82, 2.24) is 5.32 Å². The zero-order chi connectivity index (χ0) is 10.4. The third-order valence-electron chi connectivity index (χ3n) is 1.73. The van der Waals surface area contributed by atoms with Gasteiger partial charge < -0.3 is 5.32 Å². The Morgan fingerprint density at radius 3 is 2.43 bits per heavy atom. The van der Waals surface area contributed by atoms with E-state index in [2.05, 4.69) is 11.4 Å². The summed E-state index contributed by atoms with van der Waals surface area (Å²) in [6.07, 6.45) is 5.64. The van der Waals surface area contributed by atoms with Crippen LogP contribution in [0, 0.1) is 11.3 Å². The molecule has 0 radical (unpaired) electrons. The van der Waals surface area contributed by atoms with Gasteiger partial charge in [-0.2, -0.15) is 9.83 Å². The number of pyridine rings is 1. The normalized spacial score (nSPS) is 11.5. The van der Waals surface area contributed by atoms with Gasteiger partial charge in [-0.05, 0) is 6.26 Å². The quantitative estimate of drug-likeness (QED) is 0.597. The second kappa shape index (κ2) is 5.30. The van der Waals surface area contributed by atoms with Crippen LogP contribution in [-0.4, -0.2) is 13.3 Å². The first-order chi connectivity index (χ1) is 6.83. The molecule has 0 unspecified atom stereocenters. The van der Waals surface area contributed by atoms with Gasteiger partial charge in [0.15, 0.2) is 23.5 Å². The van der Waals surface area contributed by atoms with E-state index in [1.807, 2.05) is 43.9 Å². The Labute approximate surface area is 88.1 Å². The Morgan fingerprint density at radius 1 is 1.36 bits per heavy atom. The van der Waals surface area contributed by atoms with Gasteiger partial charge in [-0.3, -0.25) is 0 Å². The average molecular weight is 206 g/mol. The highest BCUT2D eigenvalue weighted by molar-refractivity contribution is 8.02. The van der Waals surface area contributed by atoms with E-state index in [1.165, 1.54) is 11.8 Å². The number of thioether (sulfide) groups is 1. The molecule has 0 bridgehead atoms. The molecule has 4 heteroatoms. The van der Waals surface area contributed by atoms with Crippen LogP contribution in [0.15, 0.2) is 35.6 Å². The standard InChI is InChI=1S/C10H12N3S/c1-12-10(14-2)9(8-11)13-6-4-3-5-7-13/h3-7,12H,1-2H3/q+1. The Balaban J connectivity index is 3.17. The molecule has 0 aliphatic heterocycles. The fraction of sp³-hybridized carbons (Fsp3) is 0.200. The number of allylic oxidation sites excluding steroid dienone is 1. The highest BCUT2D eigenvalue weighted by Gasteiger charge is 2.14. The van der Waals surface area contributed by atoms with Crippen LogP contribution in [0.25, 0.3) is 5.70 Å². The fourth-order valence-electron chi connectivity index (χ4n) is 1.09. The first kappa shape index (κ1) is 10.6. The molecule has 0 aliphatic rings. The molecule has 0 atom stereocenters. The van der Waals surface area contributed by atoms with Gasteiger partial charge in [0, 0.05) is 19.2 Å². The molecule has 14 heavy (non-hydrogen) atoms. The molecule has 0 fully saturated rings. The maximum atomic E-state index is 9.03. The molecular weight excluding hydrogens is 194 g/mol. The summed E-state index contributed by atoms with van der Waals surface area (Å²) >= 11 is 1.52. The van der Waals surface area contributed by atoms with Crippen molar-refractivity contribution in [3.05, 3.63) is 35.6 Å². The van der Waals surface area contributed by atoms with Crippen molar-refractivity contribution in [2.24, 2.45) is 0 Å². The molecule has 0 saturated heterocycles. The molecule has 1 aromatic rings. The van der Waals surface area contributed by atoms with E-state index >= 15 is 0 Å². The average Bonchev–Trinajstić information content (AvgIpc) is 2.27. The molecule has 0 saturated carbocycles. The minimum absolute atomic E-state index is 0.612. The summed E-state index contributed by atoms with van der Waals surface area (Å²) in [7, 11) is 1.81. The highest BCUT2D eigenvalue weighted by atomic mass is 32.2. The number of rotatable bonds is 3. The molecular formula is C10H12N3S+. The van der Waals surface area contributed by atoms with E-state index in [9.17, 15) is 0 Å². The summed E-state index contributed by atoms with van der Waals surface area (Å²) < 4.78 is 1.79. The van der Waals surface area contributed by atoms with Crippen LogP contribution in [-0.2, 0) is 0 Å². The second-order valence-electron chi connectivity index (χ2n) is 2.53. The summed E-state index contributed by atoms with van der Waals surface area (Å²) in [5, 5.41) is 12.9. The molecule has 1 rings (SSSR count). The van der Waals surface area contributed by atoms with Gasteiger partial charge in [-0.25, -0.2) is 0 Å². The Kier molecular flexibility index (Phi) is 4.02. The smallest absolute Gasteiger partial charge is 0.318 e. The Bertz CT molecular complexity index is 359. The number of hydrogen-bond acceptors (Lipinski definition) is 3. The zero-order valence-electron chi connectivity index (χ0n) is 8.19. The van der Waals surface area contributed by atoms with Crippen molar-refractivity contribution in [3.63, 3.8) is 0 Å². The van der Waals surface area contributed by atoms with Gasteiger partial charge in [0.1, 0.15) is 0 Å². The number of nitrogens with one attached hydrogen (secondary N) is 1. The van der Waals surface area contributed by atoms with Crippen LogP contribution in [0.4, 0.5) is 0 Å². The van der Waals surface area contributed by atoms with Crippen molar-refractivity contribution in [1.29, 1.82) is 5.26 Å². The summed E-state index contributed by atoms with van der Waals surface area (Å²) in [6.45, 7) is 0. The topological polar surface area (TPSA) is 39.7 Å². The summed E-state index contributed by atoms with van der Waals surface area (Å²) in [4.78, 5) is 0. The molecule has 1 heterocycles. The van der Waals surface area contributed by atoms with E-state index < -0.39 is 0 Å². The molecule has 1 aromatic heterocycles. The minimum Gasteiger partial charge on any atom is -0.377 e. The summed E-state index contributed by atoms with van der Waals surface area (Å²) in [5.41, 5.74) is 0.612. The molecule has 0 spiro atoms. The monoisotopic (exact) mass is 206 g/mol. The molecule has 3 nitrogen and oxygen atoms in total. The molecule has 0 aliphatic carbocycles. The Morgan fingerprint density at radius 2 is 2.00 bits per heavy atom. The van der Waals surface area contributed by atoms with Crippen LogP contribution < -0.4 is 9.88 Å². The van der Waals surface area contributed by atoms with E-state index in [-0.39, 0.29) is 0 Å². The van der Waals surface area contributed by atoms with Gasteiger partial charge in [0.2, 0.25) is 0 Å². The number of aromatic nitrogens is 1. The number of hydrogen-bond donors (Lipinski definition) is 1. The molecule has 0 aromatic carbocycles. The lowest BCUT2D eigenvalue weighted by Gasteiger charge is -2.01. The van der Waals surface area contributed by atoms with E-state index in [4.69, 9.17) is 5.26 Å². The molecule has 72 valence electrons. The van der Waals surface area contributed by atoms with Crippen molar-refractivity contribution >= 4 is 17.5 Å². The van der Waals surface area contributed by atoms with Crippen molar-refractivity contribution < 1.29 is 4.57 Å². The van der Waals surface area contributed by atoms with Gasteiger partial charge >= 0.3 is 5.70 Å². The SMILES string of the molecule is CNC(SC)=C(C#N)[n+]1ccccc1. The first-order valence-electron chi connectivity index (χ1n) is 4.16. The predicted octanol–water partition coefficient (Wildman–Crippen LogP) is 1.21. The van der Waals surface area contributed by atoms with Gasteiger partial charge in [0.25, 0.3) is 0 Å². The molecule has 1 N–H and O–H groups in total. The number of nitriles is 1. The predicted molar refractivity (Wildman–Crippen MR) is 58.0 cm³/mol. The van der Waals surface area contributed by atoms with Crippen LogP contribution >= 0.6 is 11.8 Å². The lowest BCUT2D eigenvalue weighted by atomic mass is 10.4. The van der Waals surface area contributed by atoms with Gasteiger partial charge in [-0.1, -0.05) is 6.07 Å². The fourth-order valence-corrected chi connectivity index (χ4v) is 1.64. The van der Waals surface area contributed by atoms with Crippen LogP contribution in [0.2, 0.25) is 0 Å². The van der Waals surface area contributed by atoms with Crippen LogP contribution in [0.5, 0.6) is 0 Å². The zero-order valence-corrected chi connectivity index (χ0v) is 9.01. The second-order valence-corrected chi connectivity index (χ2v) is 3.34. The third kappa shape index (κ3) is 2.27. The first-order valence-corrected chi connectivity index (χ1v) is 5.38. The lowest BCUT2D eigenvalue weighted by molar-refractivity contribution is -0.578. The van der Waals surface area contributed by atoms with Crippen molar-refractivity contribution in [3.8, 4) is 6.07 Å². The van der Waals surface area contributed by atoms with Crippen LogP contribution in [0.1, 0.15) is 0 Å². The Hall–Kier alpha value is -1.47. The van der Waals surface area contributed by atoms with Crippen LogP contribution in [0.3, 0.4) is 0 Å². The highest BCUT2D eigenvalue weighted by Crippen LogP contribution is 2.11. The van der Waals surface area contributed by atoms with Gasteiger partial charge in [-0.15, -0.1) is 11.8 Å². The van der Waals surface area contributed by atoms with Gasteiger partial charge in [0.05, 0.1) is 0 Å². The van der Waals surface area contributed by atoms with Crippen molar-refractivity contribution in [2.45, 2.75) is 0 Å². The maximum Gasteiger partial charge on any atom is 0.318 e. The van der Waals surface area contributed by atoms with E-state index in [0.29, 0.717) is 5.70 Å². The minimum atomic E-state index is 0.612.